The predicted octanol–water partition coefficient (Wildman–Crippen LogP) is 11.9. The summed E-state index contributed by atoms with van der Waals surface area (Å²) in [6, 6.07) is 47.3. The van der Waals surface area contributed by atoms with E-state index in [0.29, 0.717) is 5.75 Å². The second kappa shape index (κ2) is 12.6. The number of benzene rings is 6. The van der Waals surface area contributed by atoms with Gasteiger partial charge in [0.15, 0.2) is 0 Å². The molecule has 7 rings (SSSR count). The Morgan fingerprint density at radius 1 is 0.531 bits per heavy atom. The van der Waals surface area contributed by atoms with E-state index in [1.54, 1.807) is 0 Å². The van der Waals surface area contributed by atoms with E-state index < -0.39 is 5.97 Å². The summed E-state index contributed by atoms with van der Waals surface area (Å²) in [6.45, 7) is 14.5. The summed E-state index contributed by atoms with van der Waals surface area (Å²) in [7, 11) is 0. The van der Waals surface area contributed by atoms with Crippen LogP contribution in [0.4, 0.5) is 34.1 Å². The third kappa shape index (κ3) is 6.02. The standard InChI is InChI=1S/C45H40N2O2/c1-7-44(48)49-39-24-20-36(21-25-39)47(35-18-12-32(4)13-19-35)38-23-27-41-40-26-22-37(28-42(40)45(5,6)43(41)29-38)46(33-14-8-30(2)9-15-33)34-16-10-31(3)11-17-34/h7-29H,1H2,2-6H3. The Labute approximate surface area is 289 Å². The highest BCUT2D eigenvalue weighted by Gasteiger charge is 2.37. The van der Waals surface area contributed by atoms with E-state index in [0.717, 1.165) is 34.1 Å². The molecule has 0 heterocycles. The number of anilines is 6. The molecule has 0 bridgehead atoms. The van der Waals surface area contributed by atoms with Crippen LogP contribution in [0, 0.1) is 20.8 Å². The summed E-state index contributed by atoms with van der Waals surface area (Å²) >= 11 is 0. The van der Waals surface area contributed by atoms with Gasteiger partial charge in [-0.15, -0.1) is 0 Å². The zero-order valence-corrected chi connectivity index (χ0v) is 28.7. The molecule has 0 spiro atoms. The molecule has 4 nitrogen and oxygen atoms in total. The summed E-state index contributed by atoms with van der Waals surface area (Å²) in [6.07, 6.45) is 1.17. The van der Waals surface area contributed by atoms with Gasteiger partial charge < -0.3 is 14.5 Å². The molecule has 1 aliphatic carbocycles. The average molecular weight is 641 g/mol. The molecule has 0 fully saturated rings. The molecule has 0 amide bonds. The summed E-state index contributed by atoms with van der Waals surface area (Å²) in [5.41, 5.74) is 15.0. The minimum Gasteiger partial charge on any atom is -0.423 e. The van der Waals surface area contributed by atoms with Crippen LogP contribution in [0.25, 0.3) is 11.1 Å². The highest BCUT2D eigenvalue weighted by Crippen LogP contribution is 2.52. The summed E-state index contributed by atoms with van der Waals surface area (Å²) < 4.78 is 5.36. The van der Waals surface area contributed by atoms with Crippen LogP contribution in [0.5, 0.6) is 5.75 Å². The second-order valence-electron chi connectivity index (χ2n) is 13.4. The van der Waals surface area contributed by atoms with Crippen molar-refractivity contribution in [3.8, 4) is 16.9 Å². The lowest BCUT2D eigenvalue weighted by molar-refractivity contribution is -0.128. The minimum atomic E-state index is -0.479. The van der Waals surface area contributed by atoms with E-state index in [2.05, 4.69) is 160 Å². The van der Waals surface area contributed by atoms with Crippen LogP contribution < -0.4 is 14.5 Å². The van der Waals surface area contributed by atoms with Crippen LogP contribution in [0.2, 0.25) is 0 Å². The molecule has 0 N–H and O–H groups in total. The van der Waals surface area contributed by atoms with Gasteiger partial charge in [0.2, 0.25) is 0 Å². The third-order valence-corrected chi connectivity index (χ3v) is 9.52. The number of nitrogens with zero attached hydrogens (tertiary/aromatic N) is 2. The average Bonchev–Trinajstić information content (AvgIpc) is 3.33. The molecule has 6 aromatic carbocycles. The van der Waals surface area contributed by atoms with Gasteiger partial charge in [-0.2, -0.15) is 0 Å². The summed E-state index contributed by atoms with van der Waals surface area (Å²) in [5.74, 6) is -0.00302. The number of aryl methyl sites for hydroxylation is 3. The molecule has 0 unspecified atom stereocenters. The lowest BCUT2D eigenvalue weighted by Crippen LogP contribution is -2.17. The maximum Gasteiger partial charge on any atom is 0.335 e. The van der Waals surface area contributed by atoms with E-state index in [1.165, 1.54) is 45.0 Å². The zero-order chi connectivity index (χ0) is 34.3. The number of carbonyl (C=O) groups excluding carboxylic acids is 1. The summed E-state index contributed by atoms with van der Waals surface area (Å²) in [4.78, 5) is 16.4. The van der Waals surface area contributed by atoms with Crippen molar-refractivity contribution in [1.29, 1.82) is 0 Å². The van der Waals surface area contributed by atoms with Crippen LogP contribution in [0.1, 0.15) is 41.7 Å². The highest BCUT2D eigenvalue weighted by molar-refractivity contribution is 5.88. The number of ether oxygens (including phenoxy) is 1. The lowest BCUT2D eigenvalue weighted by atomic mass is 9.82. The maximum atomic E-state index is 11.8. The summed E-state index contributed by atoms with van der Waals surface area (Å²) in [5, 5.41) is 0. The number of rotatable bonds is 8. The Kier molecular flexibility index (Phi) is 8.17. The van der Waals surface area contributed by atoms with Crippen LogP contribution in [-0.2, 0) is 10.2 Å². The molecule has 6 aromatic rings. The first-order valence-corrected chi connectivity index (χ1v) is 16.7. The van der Waals surface area contributed by atoms with Crippen molar-refractivity contribution >= 4 is 40.1 Å². The molecular formula is C45H40N2O2. The fraction of sp³-hybridized carbons (Fsp3) is 0.133. The zero-order valence-electron chi connectivity index (χ0n) is 28.7. The Morgan fingerprint density at radius 2 is 0.857 bits per heavy atom. The second-order valence-corrected chi connectivity index (χ2v) is 13.4. The van der Waals surface area contributed by atoms with Crippen molar-refractivity contribution in [3.05, 3.63) is 174 Å². The molecular weight excluding hydrogens is 601 g/mol. The van der Waals surface area contributed by atoms with Gasteiger partial charge in [0, 0.05) is 45.6 Å². The smallest absolute Gasteiger partial charge is 0.335 e. The molecule has 0 atom stereocenters. The van der Waals surface area contributed by atoms with Gasteiger partial charge in [0.05, 0.1) is 0 Å². The number of hydrogen-bond donors (Lipinski definition) is 0. The Morgan fingerprint density at radius 3 is 1.20 bits per heavy atom. The van der Waals surface area contributed by atoms with Crippen molar-refractivity contribution in [2.24, 2.45) is 0 Å². The van der Waals surface area contributed by atoms with E-state index in [-0.39, 0.29) is 5.41 Å². The normalized spacial score (nSPS) is 12.5. The molecule has 0 aromatic heterocycles. The first-order chi connectivity index (χ1) is 23.6. The van der Waals surface area contributed by atoms with E-state index in [4.69, 9.17) is 4.74 Å². The van der Waals surface area contributed by atoms with Gasteiger partial charge in [-0.25, -0.2) is 4.79 Å². The fourth-order valence-corrected chi connectivity index (χ4v) is 6.79. The number of fused-ring (bicyclic) bond motifs is 3. The number of carbonyl (C=O) groups is 1. The van der Waals surface area contributed by atoms with E-state index in [9.17, 15) is 4.79 Å². The molecule has 4 heteroatoms. The van der Waals surface area contributed by atoms with Gasteiger partial charge in [-0.1, -0.05) is 85.6 Å². The van der Waals surface area contributed by atoms with Gasteiger partial charge in [-0.3, -0.25) is 0 Å². The van der Waals surface area contributed by atoms with Crippen LogP contribution >= 0.6 is 0 Å². The van der Waals surface area contributed by atoms with Gasteiger partial charge >= 0.3 is 5.97 Å². The van der Waals surface area contributed by atoms with E-state index in [1.807, 2.05) is 24.3 Å². The maximum absolute atomic E-state index is 11.8. The fourth-order valence-electron chi connectivity index (χ4n) is 6.79. The Hall–Kier alpha value is -5.87. The number of hydrogen-bond acceptors (Lipinski definition) is 4. The van der Waals surface area contributed by atoms with Crippen molar-refractivity contribution in [1.82, 2.24) is 0 Å². The van der Waals surface area contributed by atoms with Gasteiger partial charge in [0.25, 0.3) is 0 Å². The monoisotopic (exact) mass is 640 g/mol. The molecule has 0 saturated heterocycles. The number of esters is 1. The van der Waals surface area contributed by atoms with Crippen molar-refractivity contribution in [2.45, 2.75) is 40.0 Å². The van der Waals surface area contributed by atoms with Crippen LogP contribution in [-0.4, -0.2) is 5.97 Å². The molecule has 1 aliphatic rings. The third-order valence-electron chi connectivity index (χ3n) is 9.52. The molecule has 49 heavy (non-hydrogen) atoms. The van der Waals surface area contributed by atoms with Crippen molar-refractivity contribution in [3.63, 3.8) is 0 Å². The lowest BCUT2D eigenvalue weighted by Gasteiger charge is -2.29. The highest BCUT2D eigenvalue weighted by atomic mass is 16.5. The van der Waals surface area contributed by atoms with Gasteiger partial charge in [0.1, 0.15) is 5.75 Å². The van der Waals surface area contributed by atoms with E-state index >= 15 is 0 Å². The van der Waals surface area contributed by atoms with Crippen LogP contribution in [0.3, 0.4) is 0 Å². The quantitative estimate of drug-likeness (QED) is 0.0941. The first kappa shape index (κ1) is 31.7. The van der Waals surface area contributed by atoms with Crippen molar-refractivity contribution in [2.75, 3.05) is 9.80 Å². The largest absolute Gasteiger partial charge is 0.423 e. The predicted molar refractivity (Wildman–Crippen MR) is 203 cm³/mol. The topological polar surface area (TPSA) is 32.8 Å². The Bertz CT molecular complexity index is 2120. The van der Waals surface area contributed by atoms with Crippen LogP contribution in [0.15, 0.2) is 146 Å². The molecule has 242 valence electrons. The molecule has 0 radical (unpaired) electrons. The van der Waals surface area contributed by atoms with Crippen molar-refractivity contribution < 1.29 is 9.53 Å². The molecule has 0 saturated carbocycles. The Balaban J connectivity index is 1.30. The minimum absolute atomic E-state index is 0.245. The SMILES string of the molecule is C=CC(=O)Oc1ccc(N(c2ccc(C)cc2)c2ccc3c(c2)C(C)(C)c2cc(N(c4ccc(C)cc4)c4ccc(C)cc4)ccc2-3)cc1. The molecule has 0 aliphatic heterocycles. The van der Waals surface area contributed by atoms with Gasteiger partial charge in [-0.05, 0) is 128 Å². The first-order valence-electron chi connectivity index (χ1n) is 16.7.